The Bertz CT molecular complexity index is 1000. The second kappa shape index (κ2) is 4.69. The van der Waals surface area contributed by atoms with Crippen LogP contribution in [0.25, 0.3) is 21.9 Å². The number of rotatable bonds is 1. The lowest BCUT2D eigenvalue weighted by molar-refractivity contribution is -0.0578. The first-order chi connectivity index (χ1) is 11.7. The van der Waals surface area contributed by atoms with Gasteiger partial charge in [-0.25, -0.2) is 5.06 Å². The average Bonchev–Trinajstić information content (AvgIpc) is 3.19. The van der Waals surface area contributed by atoms with Crippen LogP contribution in [0.3, 0.4) is 0 Å². The molecule has 0 bridgehead atoms. The molecule has 0 saturated heterocycles. The van der Waals surface area contributed by atoms with Gasteiger partial charge in [0.15, 0.2) is 11.5 Å². The fourth-order valence-corrected chi connectivity index (χ4v) is 3.45. The van der Waals surface area contributed by atoms with Gasteiger partial charge in [-0.15, -0.1) is 0 Å². The largest absolute Gasteiger partial charge is 0.454 e. The number of carbonyl (C=O) groups is 1. The highest BCUT2D eigenvalue weighted by atomic mass is 16.7. The van der Waals surface area contributed by atoms with E-state index in [-0.39, 0.29) is 19.2 Å². The molecule has 0 radical (unpaired) electrons. The standard InChI is InChI=1S/C18H12N2O4/c21-18-12-7-11-1-2-14-17(24-9-23-14)16(11)15(13(12)8-20(18)22)10-3-5-19-6-4-10/h1-7,22H,8-9H2. The zero-order chi connectivity index (χ0) is 16.3. The summed E-state index contributed by atoms with van der Waals surface area (Å²) in [6.07, 6.45) is 3.41. The minimum absolute atomic E-state index is 0.145. The molecular weight excluding hydrogens is 308 g/mol. The molecule has 118 valence electrons. The summed E-state index contributed by atoms with van der Waals surface area (Å²) in [7, 11) is 0. The molecule has 5 rings (SSSR count). The van der Waals surface area contributed by atoms with E-state index < -0.39 is 0 Å². The van der Waals surface area contributed by atoms with Crippen LogP contribution in [0.2, 0.25) is 0 Å². The fraction of sp³-hybridized carbons (Fsp3) is 0.111. The Morgan fingerprint density at radius 1 is 1.12 bits per heavy atom. The van der Waals surface area contributed by atoms with Crippen LogP contribution >= 0.6 is 0 Å². The molecule has 1 aromatic heterocycles. The third-order valence-electron chi connectivity index (χ3n) is 4.49. The molecule has 0 atom stereocenters. The highest BCUT2D eigenvalue weighted by Crippen LogP contribution is 2.47. The first-order valence-electron chi connectivity index (χ1n) is 7.53. The minimum atomic E-state index is -0.389. The Kier molecular flexibility index (Phi) is 2.60. The van der Waals surface area contributed by atoms with Crippen molar-refractivity contribution < 1.29 is 19.5 Å². The Labute approximate surface area is 136 Å². The summed E-state index contributed by atoms with van der Waals surface area (Å²) in [6.45, 7) is 0.318. The highest BCUT2D eigenvalue weighted by Gasteiger charge is 2.32. The van der Waals surface area contributed by atoms with Crippen LogP contribution in [0.4, 0.5) is 0 Å². The molecule has 2 aliphatic rings. The summed E-state index contributed by atoms with van der Waals surface area (Å²) in [5.41, 5.74) is 3.08. The maximum absolute atomic E-state index is 12.3. The number of hydroxylamine groups is 2. The van der Waals surface area contributed by atoms with Gasteiger partial charge in [-0.3, -0.25) is 15.0 Å². The Balaban J connectivity index is 1.95. The van der Waals surface area contributed by atoms with E-state index in [9.17, 15) is 10.0 Å². The van der Waals surface area contributed by atoms with Crippen molar-refractivity contribution >= 4 is 16.7 Å². The topological polar surface area (TPSA) is 71.9 Å². The molecule has 24 heavy (non-hydrogen) atoms. The Morgan fingerprint density at radius 3 is 2.79 bits per heavy atom. The van der Waals surface area contributed by atoms with Crippen molar-refractivity contribution in [2.75, 3.05) is 6.79 Å². The van der Waals surface area contributed by atoms with Crippen LogP contribution in [-0.2, 0) is 6.54 Å². The summed E-state index contributed by atoms with van der Waals surface area (Å²) in [6, 6.07) is 9.31. The summed E-state index contributed by atoms with van der Waals surface area (Å²) in [4.78, 5) is 16.3. The molecule has 1 amide bonds. The molecule has 6 nitrogen and oxygen atoms in total. The molecule has 3 heterocycles. The lowest BCUT2D eigenvalue weighted by atomic mass is 9.90. The van der Waals surface area contributed by atoms with Crippen molar-refractivity contribution in [1.82, 2.24) is 10.0 Å². The van der Waals surface area contributed by atoms with Gasteiger partial charge < -0.3 is 9.47 Å². The molecule has 2 aliphatic heterocycles. The van der Waals surface area contributed by atoms with E-state index >= 15 is 0 Å². The quantitative estimate of drug-likeness (QED) is 0.698. The third-order valence-corrected chi connectivity index (χ3v) is 4.49. The van der Waals surface area contributed by atoms with Gasteiger partial charge in [0.05, 0.1) is 6.54 Å². The predicted octanol–water partition coefficient (Wildman–Crippen LogP) is 2.98. The van der Waals surface area contributed by atoms with Gasteiger partial charge in [0.1, 0.15) is 0 Å². The fourth-order valence-electron chi connectivity index (χ4n) is 3.45. The maximum atomic E-state index is 12.3. The van der Waals surface area contributed by atoms with Gasteiger partial charge in [-0.05, 0) is 46.3 Å². The Morgan fingerprint density at radius 2 is 1.96 bits per heavy atom. The van der Waals surface area contributed by atoms with Gasteiger partial charge in [-0.2, -0.15) is 0 Å². The van der Waals surface area contributed by atoms with Crippen LogP contribution < -0.4 is 9.47 Å². The second-order valence-electron chi connectivity index (χ2n) is 5.77. The zero-order valence-corrected chi connectivity index (χ0v) is 12.5. The van der Waals surface area contributed by atoms with E-state index in [4.69, 9.17) is 9.47 Å². The number of aromatic nitrogens is 1. The number of carbonyl (C=O) groups excluding carboxylic acids is 1. The molecule has 2 aromatic carbocycles. The van der Waals surface area contributed by atoms with Gasteiger partial charge >= 0.3 is 0 Å². The number of amides is 1. The highest BCUT2D eigenvalue weighted by molar-refractivity contribution is 6.11. The van der Waals surface area contributed by atoms with E-state index in [0.29, 0.717) is 17.1 Å². The number of fused-ring (bicyclic) bond motifs is 4. The van der Waals surface area contributed by atoms with E-state index in [0.717, 1.165) is 32.5 Å². The van der Waals surface area contributed by atoms with Crippen LogP contribution in [0.15, 0.2) is 42.7 Å². The van der Waals surface area contributed by atoms with Crippen molar-refractivity contribution in [3.8, 4) is 22.6 Å². The lowest BCUT2D eigenvalue weighted by Crippen LogP contribution is -2.18. The average molecular weight is 320 g/mol. The smallest absolute Gasteiger partial charge is 0.277 e. The van der Waals surface area contributed by atoms with Crippen LogP contribution in [0.1, 0.15) is 15.9 Å². The van der Waals surface area contributed by atoms with Gasteiger partial charge in [-0.1, -0.05) is 6.07 Å². The van der Waals surface area contributed by atoms with E-state index in [1.807, 2.05) is 24.3 Å². The number of nitrogens with zero attached hydrogens (tertiary/aromatic N) is 2. The normalized spacial score (nSPS) is 15.2. The molecule has 0 spiro atoms. The number of pyridine rings is 1. The molecule has 0 fully saturated rings. The van der Waals surface area contributed by atoms with Gasteiger partial charge in [0.25, 0.3) is 5.91 Å². The number of ether oxygens (including phenoxy) is 2. The zero-order valence-electron chi connectivity index (χ0n) is 12.5. The van der Waals surface area contributed by atoms with Crippen LogP contribution in [-0.4, -0.2) is 28.0 Å². The van der Waals surface area contributed by atoms with Crippen molar-refractivity contribution in [2.24, 2.45) is 0 Å². The molecule has 0 unspecified atom stereocenters. The molecule has 1 N–H and O–H groups in total. The summed E-state index contributed by atoms with van der Waals surface area (Å²) >= 11 is 0. The first-order valence-corrected chi connectivity index (χ1v) is 7.53. The van der Waals surface area contributed by atoms with Gasteiger partial charge in [0, 0.05) is 23.3 Å². The molecular formula is C18H12N2O4. The number of hydrogen-bond acceptors (Lipinski definition) is 5. The molecule has 0 aliphatic carbocycles. The van der Waals surface area contributed by atoms with E-state index in [2.05, 4.69) is 4.98 Å². The monoisotopic (exact) mass is 320 g/mol. The van der Waals surface area contributed by atoms with Crippen molar-refractivity contribution in [1.29, 1.82) is 0 Å². The van der Waals surface area contributed by atoms with Gasteiger partial charge in [0.2, 0.25) is 6.79 Å². The summed E-state index contributed by atoms with van der Waals surface area (Å²) in [5, 5.41) is 12.4. The third kappa shape index (κ3) is 1.68. The minimum Gasteiger partial charge on any atom is -0.454 e. The van der Waals surface area contributed by atoms with Crippen LogP contribution in [0.5, 0.6) is 11.5 Å². The van der Waals surface area contributed by atoms with Crippen molar-refractivity contribution in [2.45, 2.75) is 6.54 Å². The predicted molar refractivity (Wildman–Crippen MR) is 85.0 cm³/mol. The molecule has 3 aromatic rings. The van der Waals surface area contributed by atoms with E-state index in [1.54, 1.807) is 18.5 Å². The van der Waals surface area contributed by atoms with Crippen molar-refractivity contribution in [3.63, 3.8) is 0 Å². The molecule has 6 heteroatoms. The number of hydrogen-bond donors (Lipinski definition) is 1. The lowest BCUT2D eigenvalue weighted by Gasteiger charge is -2.14. The van der Waals surface area contributed by atoms with E-state index in [1.165, 1.54) is 0 Å². The summed E-state index contributed by atoms with van der Waals surface area (Å²) in [5.74, 6) is 0.966. The molecule has 0 saturated carbocycles. The van der Waals surface area contributed by atoms with Crippen LogP contribution in [0, 0.1) is 0 Å². The first kappa shape index (κ1) is 13.3. The second-order valence-corrected chi connectivity index (χ2v) is 5.77. The number of benzene rings is 2. The Hall–Kier alpha value is -3.12. The SMILES string of the molecule is O=C1c2cc3ccc4c(c3c(-c3ccncc3)c2CN1O)OCO4. The maximum Gasteiger partial charge on any atom is 0.277 e. The summed E-state index contributed by atoms with van der Waals surface area (Å²) < 4.78 is 11.2. The van der Waals surface area contributed by atoms with Crippen molar-refractivity contribution in [3.05, 3.63) is 53.9 Å².